The Labute approximate surface area is 149 Å². The third-order valence-corrected chi connectivity index (χ3v) is 6.51. The lowest BCUT2D eigenvalue weighted by molar-refractivity contribution is -0.126. The summed E-state index contributed by atoms with van der Waals surface area (Å²) >= 11 is 0. The van der Waals surface area contributed by atoms with E-state index in [4.69, 9.17) is 4.74 Å². The van der Waals surface area contributed by atoms with Crippen LogP contribution in [-0.2, 0) is 14.8 Å². The molecule has 0 aromatic heterocycles. The van der Waals surface area contributed by atoms with Gasteiger partial charge in [-0.2, -0.15) is 4.31 Å². The number of benzene rings is 1. The Balaban J connectivity index is 1.93. The maximum atomic E-state index is 12.7. The molecule has 1 aliphatic heterocycles. The summed E-state index contributed by atoms with van der Waals surface area (Å²) in [7, 11) is -0.145. The van der Waals surface area contributed by atoms with Crippen LogP contribution in [0.25, 0.3) is 0 Å². The number of hydrogen-bond acceptors (Lipinski definition) is 5. The zero-order valence-corrected chi connectivity index (χ0v) is 15.8. The fraction of sp³-hybridized carbons (Fsp3) is 0.588. The molecule has 1 saturated heterocycles. The van der Waals surface area contributed by atoms with Gasteiger partial charge < -0.3 is 15.4 Å². The van der Waals surface area contributed by atoms with Crippen LogP contribution in [0.5, 0.6) is 5.75 Å². The van der Waals surface area contributed by atoms with Crippen molar-refractivity contribution in [2.24, 2.45) is 5.92 Å². The molecule has 0 aliphatic carbocycles. The van der Waals surface area contributed by atoms with Gasteiger partial charge in [0.05, 0.1) is 12.0 Å². The third kappa shape index (κ3) is 4.93. The largest absolute Gasteiger partial charge is 0.497 e. The van der Waals surface area contributed by atoms with E-state index in [-0.39, 0.29) is 22.8 Å². The second-order valence-corrected chi connectivity index (χ2v) is 8.23. The van der Waals surface area contributed by atoms with Crippen molar-refractivity contribution in [2.75, 3.05) is 33.8 Å². The molecule has 0 spiro atoms. The van der Waals surface area contributed by atoms with Crippen LogP contribution < -0.4 is 15.4 Å². The van der Waals surface area contributed by atoms with Gasteiger partial charge in [0.25, 0.3) is 0 Å². The molecule has 140 valence electrons. The summed E-state index contributed by atoms with van der Waals surface area (Å²) in [5, 5.41) is 5.98. The van der Waals surface area contributed by atoms with Gasteiger partial charge in [-0.1, -0.05) is 0 Å². The van der Waals surface area contributed by atoms with Gasteiger partial charge in [-0.25, -0.2) is 8.42 Å². The third-order valence-electron chi connectivity index (χ3n) is 4.60. The summed E-state index contributed by atoms with van der Waals surface area (Å²) in [6.07, 6.45) is 1.07. The van der Waals surface area contributed by atoms with E-state index in [2.05, 4.69) is 10.6 Å². The first kappa shape index (κ1) is 19.7. The molecule has 0 radical (unpaired) electrons. The van der Waals surface area contributed by atoms with Gasteiger partial charge in [0.2, 0.25) is 15.9 Å². The molecule has 8 heteroatoms. The van der Waals surface area contributed by atoms with Crippen LogP contribution in [0.3, 0.4) is 0 Å². The second-order valence-electron chi connectivity index (χ2n) is 6.29. The van der Waals surface area contributed by atoms with Gasteiger partial charge in [-0.15, -0.1) is 0 Å². The number of rotatable bonds is 7. The van der Waals surface area contributed by atoms with E-state index < -0.39 is 10.0 Å². The van der Waals surface area contributed by atoms with E-state index in [1.807, 2.05) is 14.0 Å². The minimum atomic E-state index is -3.53. The number of nitrogens with zero attached hydrogens (tertiary/aromatic N) is 1. The lowest BCUT2D eigenvalue weighted by Crippen LogP contribution is -2.45. The Hall–Kier alpha value is -1.64. The minimum Gasteiger partial charge on any atom is -0.497 e. The van der Waals surface area contributed by atoms with Gasteiger partial charge in [-0.05, 0) is 51.1 Å². The Morgan fingerprint density at radius 2 is 1.88 bits per heavy atom. The zero-order chi connectivity index (χ0) is 18.4. The van der Waals surface area contributed by atoms with Gasteiger partial charge in [0.1, 0.15) is 5.75 Å². The highest BCUT2D eigenvalue weighted by atomic mass is 32.2. The average Bonchev–Trinajstić information content (AvgIpc) is 2.65. The monoisotopic (exact) mass is 369 g/mol. The summed E-state index contributed by atoms with van der Waals surface area (Å²) in [5.41, 5.74) is 0. The van der Waals surface area contributed by atoms with Crippen LogP contribution >= 0.6 is 0 Å². The molecule has 1 aromatic carbocycles. The van der Waals surface area contributed by atoms with Gasteiger partial charge >= 0.3 is 0 Å². The van der Waals surface area contributed by atoms with Crippen molar-refractivity contribution in [1.82, 2.24) is 14.9 Å². The molecule has 2 N–H and O–H groups in total. The summed E-state index contributed by atoms with van der Waals surface area (Å²) in [4.78, 5) is 12.4. The lowest BCUT2D eigenvalue weighted by atomic mass is 9.97. The quantitative estimate of drug-likeness (QED) is 0.743. The fourth-order valence-corrected chi connectivity index (χ4v) is 4.22. The summed E-state index contributed by atoms with van der Waals surface area (Å²) in [5.74, 6) is 0.486. The number of nitrogens with one attached hydrogen (secondary N) is 2. The predicted octanol–water partition coefficient (Wildman–Crippen LogP) is 0.820. The van der Waals surface area contributed by atoms with Crippen LogP contribution in [0, 0.1) is 5.92 Å². The number of likely N-dealkylation sites (N-methyl/N-ethyl adjacent to an activating group) is 1. The first-order valence-corrected chi connectivity index (χ1v) is 9.91. The van der Waals surface area contributed by atoms with Crippen LogP contribution in [0.2, 0.25) is 0 Å². The molecule has 1 aromatic rings. The minimum absolute atomic E-state index is 0.00333. The van der Waals surface area contributed by atoms with Crippen LogP contribution in [0.1, 0.15) is 19.8 Å². The van der Waals surface area contributed by atoms with Crippen molar-refractivity contribution in [1.29, 1.82) is 0 Å². The molecule has 1 unspecified atom stereocenters. The standard InChI is InChI=1S/C17H27N3O4S/c1-13(18-2)12-19-17(21)14-8-10-20(11-9-14)25(22,23)16-6-4-15(24-3)5-7-16/h4-7,13-14,18H,8-12H2,1-3H3,(H,19,21). The van der Waals surface area contributed by atoms with Crippen molar-refractivity contribution in [3.8, 4) is 5.75 Å². The molecule has 1 heterocycles. The van der Waals surface area contributed by atoms with Crippen LogP contribution in [0.15, 0.2) is 29.2 Å². The molecule has 0 saturated carbocycles. The second kappa shape index (κ2) is 8.64. The Morgan fingerprint density at radius 3 is 2.40 bits per heavy atom. The van der Waals surface area contributed by atoms with E-state index >= 15 is 0 Å². The fourth-order valence-electron chi connectivity index (χ4n) is 2.76. The first-order valence-electron chi connectivity index (χ1n) is 8.47. The molecule has 2 rings (SSSR count). The number of carbonyl (C=O) groups excluding carboxylic acids is 1. The van der Waals surface area contributed by atoms with Crippen LogP contribution in [0.4, 0.5) is 0 Å². The number of sulfonamides is 1. The van der Waals surface area contributed by atoms with Gasteiger partial charge in [0, 0.05) is 31.6 Å². The van der Waals surface area contributed by atoms with Gasteiger partial charge in [0.15, 0.2) is 0 Å². The molecule has 1 aliphatic rings. The van der Waals surface area contributed by atoms with Crippen molar-refractivity contribution in [3.63, 3.8) is 0 Å². The van der Waals surface area contributed by atoms with Crippen molar-refractivity contribution < 1.29 is 17.9 Å². The van der Waals surface area contributed by atoms with E-state index in [0.29, 0.717) is 38.2 Å². The average molecular weight is 369 g/mol. The molecule has 0 bridgehead atoms. The van der Waals surface area contributed by atoms with E-state index in [0.717, 1.165) is 0 Å². The Bertz CT molecular complexity index is 668. The molecular weight excluding hydrogens is 342 g/mol. The van der Waals surface area contributed by atoms with E-state index in [9.17, 15) is 13.2 Å². The van der Waals surface area contributed by atoms with E-state index in [1.54, 1.807) is 24.3 Å². The molecule has 1 amide bonds. The molecule has 1 atom stereocenters. The Morgan fingerprint density at radius 1 is 1.28 bits per heavy atom. The first-order chi connectivity index (χ1) is 11.9. The highest BCUT2D eigenvalue weighted by Crippen LogP contribution is 2.25. The number of piperidine rings is 1. The number of hydrogen-bond donors (Lipinski definition) is 2. The smallest absolute Gasteiger partial charge is 0.243 e. The molecule has 25 heavy (non-hydrogen) atoms. The maximum Gasteiger partial charge on any atom is 0.243 e. The highest BCUT2D eigenvalue weighted by Gasteiger charge is 2.32. The number of carbonyl (C=O) groups is 1. The normalized spacial score (nSPS) is 17.9. The SMILES string of the molecule is CNC(C)CNC(=O)C1CCN(S(=O)(=O)c2ccc(OC)cc2)CC1. The lowest BCUT2D eigenvalue weighted by Gasteiger charge is -2.30. The Kier molecular flexibility index (Phi) is 6.80. The van der Waals surface area contributed by atoms with Gasteiger partial charge in [-0.3, -0.25) is 4.79 Å². The topological polar surface area (TPSA) is 87.7 Å². The number of amides is 1. The summed E-state index contributed by atoms with van der Waals surface area (Å²) < 4.78 is 31.9. The number of ether oxygens (including phenoxy) is 1. The van der Waals surface area contributed by atoms with Crippen LogP contribution in [-0.4, -0.2) is 58.5 Å². The van der Waals surface area contributed by atoms with Crippen molar-refractivity contribution in [3.05, 3.63) is 24.3 Å². The van der Waals surface area contributed by atoms with E-state index in [1.165, 1.54) is 11.4 Å². The molecular formula is C17H27N3O4S. The number of methoxy groups -OCH3 is 1. The summed E-state index contributed by atoms with van der Waals surface area (Å²) in [6.45, 7) is 3.27. The summed E-state index contributed by atoms with van der Waals surface area (Å²) in [6, 6.07) is 6.57. The molecule has 7 nitrogen and oxygen atoms in total. The highest BCUT2D eigenvalue weighted by molar-refractivity contribution is 7.89. The van der Waals surface area contributed by atoms with Crippen molar-refractivity contribution >= 4 is 15.9 Å². The maximum absolute atomic E-state index is 12.7. The molecule has 1 fully saturated rings. The predicted molar refractivity (Wildman–Crippen MR) is 96.0 cm³/mol. The zero-order valence-electron chi connectivity index (χ0n) is 15.0. The van der Waals surface area contributed by atoms with Crippen molar-refractivity contribution in [2.45, 2.75) is 30.7 Å².